The number of hydrogen-bond donors (Lipinski definition) is 2. The van der Waals surface area contributed by atoms with Crippen LogP contribution in [0.5, 0.6) is 0 Å². The molecule has 0 spiro atoms. The topological polar surface area (TPSA) is 98.0 Å². The Morgan fingerprint density at radius 2 is 1.95 bits per heavy atom. The fourth-order valence-corrected chi connectivity index (χ4v) is 1.68. The number of benzene rings is 1. The molecule has 6 nitrogen and oxygen atoms in total. The van der Waals surface area contributed by atoms with Gasteiger partial charge in [0.1, 0.15) is 0 Å². The fourth-order valence-electron chi connectivity index (χ4n) is 1.58. The monoisotopic (exact) mass is 290 g/mol. The minimum atomic E-state index is -0.519. The van der Waals surface area contributed by atoms with E-state index in [0.29, 0.717) is 11.3 Å². The van der Waals surface area contributed by atoms with Gasteiger partial charge in [0.2, 0.25) is 5.91 Å². The van der Waals surface area contributed by atoms with E-state index in [9.17, 15) is 9.59 Å². The van der Waals surface area contributed by atoms with Crippen LogP contribution >= 0.6 is 11.6 Å². The van der Waals surface area contributed by atoms with E-state index in [-0.39, 0.29) is 10.8 Å². The summed E-state index contributed by atoms with van der Waals surface area (Å²) < 4.78 is 0. The van der Waals surface area contributed by atoms with Crippen molar-refractivity contribution in [1.29, 1.82) is 0 Å². The molecule has 1 aromatic heterocycles. The minimum absolute atomic E-state index is 0.146. The number of aromatic nitrogens is 2. The van der Waals surface area contributed by atoms with E-state index in [1.54, 1.807) is 25.1 Å². The Morgan fingerprint density at radius 1 is 1.20 bits per heavy atom. The molecule has 2 aromatic rings. The summed E-state index contributed by atoms with van der Waals surface area (Å²) in [6.45, 7) is 1.76. The van der Waals surface area contributed by atoms with Crippen molar-refractivity contribution in [3.8, 4) is 0 Å². The third-order valence-corrected chi connectivity index (χ3v) is 2.83. The first-order valence-corrected chi connectivity index (χ1v) is 6.06. The Kier molecular flexibility index (Phi) is 3.95. The van der Waals surface area contributed by atoms with Crippen molar-refractivity contribution in [2.45, 2.75) is 6.92 Å². The highest BCUT2D eigenvalue weighted by atomic mass is 35.5. The van der Waals surface area contributed by atoms with Gasteiger partial charge in [-0.15, -0.1) is 10.2 Å². The molecule has 20 heavy (non-hydrogen) atoms. The van der Waals surface area contributed by atoms with Crippen molar-refractivity contribution in [2.24, 2.45) is 5.73 Å². The van der Waals surface area contributed by atoms with Gasteiger partial charge < -0.3 is 11.1 Å². The molecule has 0 atom stereocenters. The fraction of sp³-hybridized carbons (Fsp3) is 0.0769. The third-order valence-electron chi connectivity index (χ3n) is 2.62. The smallest absolute Gasteiger partial charge is 0.276 e. The molecule has 2 amide bonds. The first-order valence-electron chi connectivity index (χ1n) is 5.68. The van der Waals surface area contributed by atoms with Gasteiger partial charge in [-0.1, -0.05) is 11.6 Å². The zero-order chi connectivity index (χ0) is 14.7. The normalized spacial score (nSPS) is 10.1. The van der Waals surface area contributed by atoms with Crippen LogP contribution in [0.15, 0.2) is 30.3 Å². The summed E-state index contributed by atoms with van der Waals surface area (Å²) in [4.78, 5) is 23.0. The van der Waals surface area contributed by atoms with Gasteiger partial charge in [0, 0.05) is 11.3 Å². The lowest BCUT2D eigenvalue weighted by molar-refractivity contribution is 0.0997. The number of primary amides is 1. The summed E-state index contributed by atoms with van der Waals surface area (Å²) >= 11 is 5.60. The first-order chi connectivity index (χ1) is 9.47. The molecular formula is C13H11ClN4O2. The molecule has 3 N–H and O–H groups in total. The number of carbonyl (C=O) groups is 2. The average Bonchev–Trinajstić information content (AvgIpc) is 2.41. The summed E-state index contributed by atoms with van der Waals surface area (Å²) in [6, 6.07) is 7.70. The van der Waals surface area contributed by atoms with Gasteiger partial charge in [-0.2, -0.15) is 0 Å². The average molecular weight is 291 g/mol. The number of rotatable bonds is 3. The molecule has 0 bridgehead atoms. The predicted octanol–water partition coefficient (Wildman–Crippen LogP) is 1.79. The molecule has 0 fully saturated rings. The molecule has 0 aliphatic rings. The van der Waals surface area contributed by atoms with Crippen molar-refractivity contribution >= 4 is 29.1 Å². The molecule has 0 saturated heterocycles. The van der Waals surface area contributed by atoms with Crippen molar-refractivity contribution in [3.05, 3.63) is 52.3 Å². The van der Waals surface area contributed by atoms with Crippen molar-refractivity contribution in [1.82, 2.24) is 10.2 Å². The summed E-state index contributed by atoms with van der Waals surface area (Å²) in [5.74, 6) is -0.932. The number of nitrogens with two attached hydrogens (primary N) is 1. The Hall–Kier alpha value is -2.47. The number of amides is 2. The Bertz CT molecular complexity index is 671. The molecule has 1 heterocycles. The van der Waals surface area contributed by atoms with Gasteiger partial charge in [0.25, 0.3) is 5.91 Å². The van der Waals surface area contributed by atoms with E-state index in [4.69, 9.17) is 17.3 Å². The van der Waals surface area contributed by atoms with Crippen LogP contribution in [0.25, 0.3) is 0 Å². The second-order valence-electron chi connectivity index (χ2n) is 4.09. The molecular weight excluding hydrogens is 280 g/mol. The highest BCUT2D eigenvalue weighted by Gasteiger charge is 2.11. The third kappa shape index (κ3) is 3.10. The zero-order valence-corrected chi connectivity index (χ0v) is 11.3. The van der Waals surface area contributed by atoms with Crippen LogP contribution in [0.1, 0.15) is 26.4 Å². The van der Waals surface area contributed by atoms with Crippen LogP contribution in [-0.2, 0) is 0 Å². The highest BCUT2D eigenvalue weighted by molar-refractivity contribution is 6.29. The molecule has 0 unspecified atom stereocenters. The summed E-state index contributed by atoms with van der Waals surface area (Å²) in [5.41, 5.74) is 6.99. The number of hydrogen-bond acceptors (Lipinski definition) is 4. The zero-order valence-electron chi connectivity index (χ0n) is 10.6. The summed E-state index contributed by atoms with van der Waals surface area (Å²) in [5, 5.41) is 10.2. The van der Waals surface area contributed by atoms with Crippen molar-refractivity contribution in [3.63, 3.8) is 0 Å². The molecule has 1 aromatic carbocycles. The van der Waals surface area contributed by atoms with Gasteiger partial charge >= 0.3 is 0 Å². The van der Waals surface area contributed by atoms with E-state index >= 15 is 0 Å². The van der Waals surface area contributed by atoms with Crippen molar-refractivity contribution < 1.29 is 9.59 Å². The van der Waals surface area contributed by atoms with Gasteiger partial charge in [-0.25, -0.2) is 0 Å². The van der Waals surface area contributed by atoms with Crippen molar-refractivity contribution in [2.75, 3.05) is 5.32 Å². The van der Waals surface area contributed by atoms with Gasteiger partial charge in [0.15, 0.2) is 10.8 Å². The first kappa shape index (κ1) is 14.0. The van der Waals surface area contributed by atoms with Crippen LogP contribution in [0.3, 0.4) is 0 Å². The minimum Gasteiger partial charge on any atom is -0.366 e. The number of nitrogens with one attached hydrogen (secondary N) is 1. The second-order valence-corrected chi connectivity index (χ2v) is 4.48. The van der Waals surface area contributed by atoms with E-state index < -0.39 is 11.8 Å². The largest absolute Gasteiger partial charge is 0.366 e. The maximum absolute atomic E-state index is 11.9. The van der Waals surface area contributed by atoms with Gasteiger partial charge in [-0.3, -0.25) is 9.59 Å². The van der Waals surface area contributed by atoms with E-state index in [2.05, 4.69) is 15.5 Å². The second kappa shape index (κ2) is 5.66. The quantitative estimate of drug-likeness (QED) is 0.900. The maximum Gasteiger partial charge on any atom is 0.276 e. The molecule has 0 aliphatic carbocycles. The molecule has 0 radical (unpaired) electrons. The predicted molar refractivity (Wildman–Crippen MR) is 74.7 cm³/mol. The maximum atomic E-state index is 11.9. The number of anilines is 1. The van der Waals surface area contributed by atoms with Crippen LogP contribution in [0.4, 0.5) is 5.69 Å². The standard InChI is InChI=1S/C13H11ClN4O2/c1-7-6-8(12(15)19)2-3-9(7)16-13(20)10-4-5-11(14)18-17-10/h2-6H,1H3,(H2,15,19)(H,16,20). The Balaban J connectivity index is 2.19. The number of aryl methyl sites for hydroxylation is 1. The molecule has 0 saturated carbocycles. The molecule has 0 aliphatic heterocycles. The van der Waals surface area contributed by atoms with E-state index in [0.717, 1.165) is 5.56 Å². The molecule has 102 valence electrons. The molecule has 2 rings (SSSR count). The number of nitrogens with zero attached hydrogens (tertiary/aromatic N) is 2. The van der Waals surface area contributed by atoms with Gasteiger partial charge in [0.05, 0.1) is 0 Å². The number of halogens is 1. The Morgan fingerprint density at radius 3 is 2.50 bits per heavy atom. The van der Waals surface area contributed by atoms with Crippen LogP contribution in [0.2, 0.25) is 5.15 Å². The lowest BCUT2D eigenvalue weighted by atomic mass is 10.1. The van der Waals surface area contributed by atoms with E-state index in [1.165, 1.54) is 12.1 Å². The SMILES string of the molecule is Cc1cc(C(N)=O)ccc1NC(=O)c1ccc(Cl)nn1. The summed E-state index contributed by atoms with van der Waals surface area (Å²) in [6.07, 6.45) is 0. The Labute approximate surface area is 120 Å². The summed E-state index contributed by atoms with van der Waals surface area (Å²) in [7, 11) is 0. The molecule has 7 heteroatoms. The number of carbonyl (C=O) groups excluding carboxylic acids is 2. The van der Waals surface area contributed by atoms with Crippen LogP contribution in [0, 0.1) is 6.92 Å². The highest BCUT2D eigenvalue weighted by Crippen LogP contribution is 2.17. The van der Waals surface area contributed by atoms with Crippen LogP contribution < -0.4 is 11.1 Å². The lowest BCUT2D eigenvalue weighted by Crippen LogP contribution is -2.16. The van der Waals surface area contributed by atoms with E-state index in [1.807, 2.05) is 0 Å². The van der Waals surface area contributed by atoms with Crippen LogP contribution in [-0.4, -0.2) is 22.0 Å². The van der Waals surface area contributed by atoms with Gasteiger partial charge in [-0.05, 0) is 42.8 Å². The lowest BCUT2D eigenvalue weighted by Gasteiger charge is -2.08.